The van der Waals surface area contributed by atoms with Crippen LogP contribution in [-0.4, -0.2) is 15.2 Å². The van der Waals surface area contributed by atoms with Crippen LogP contribution in [0.4, 0.5) is 17.1 Å². The molecule has 0 amide bonds. The number of nitrogens with zero attached hydrogens (tertiary/aromatic N) is 3. The maximum atomic E-state index is 11.0. The lowest BCUT2D eigenvalue weighted by Crippen LogP contribution is -1.97. The molecule has 0 aliphatic rings. The molecule has 0 aliphatic carbocycles. The number of non-ortho nitro benzene ring substituents is 1. The highest BCUT2D eigenvalue weighted by Gasteiger charge is 2.19. The average molecular weight is 284 g/mol. The molecule has 7 heteroatoms. The van der Waals surface area contributed by atoms with Gasteiger partial charge in [-0.15, -0.1) is 0 Å². The number of benzene rings is 2. The number of aryl methyl sites for hydroxylation is 1. The smallest absolute Gasteiger partial charge is 0.300 e. The van der Waals surface area contributed by atoms with Gasteiger partial charge < -0.3 is 5.32 Å². The van der Waals surface area contributed by atoms with Gasteiger partial charge in [0.25, 0.3) is 0 Å². The van der Waals surface area contributed by atoms with Gasteiger partial charge in [-0.2, -0.15) is 0 Å². The van der Waals surface area contributed by atoms with Crippen LogP contribution in [0, 0.1) is 24.0 Å². The van der Waals surface area contributed by atoms with Crippen molar-refractivity contribution in [2.45, 2.75) is 13.8 Å². The first-order chi connectivity index (χ1) is 10.1. The summed E-state index contributed by atoms with van der Waals surface area (Å²) in [6, 6.07) is 8.88. The van der Waals surface area contributed by atoms with E-state index in [2.05, 4.69) is 20.3 Å². The maximum Gasteiger partial charge on any atom is 0.300 e. The van der Waals surface area contributed by atoms with Crippen LogP contribution >= 0.6 is 0 Å². The van der Waals surface area contributed by atoms with Crippen molar-refractivity contribution in [3.8, 4) is 0 Å². The topological polar surface area (TPSA) is 94.1 Å². The second-order valence-corrected chi connectivity index (χ2v) is 4.72. The van der Waals surface area contributed by atoms with Crippen molar-refractivity contribution in [2.24, 2.45) is 0 Å². The van der Waals surface area contributed by atoms with E-state index in [4.69, 9.17) is 0 Å². The number of nitro groups is 1. The number of nitrogens with one attached hydrogen (secondary N) is 1. The van der Waals surface area contributed by atoms with E-state index in [1.807, 2.05) is 32.0 Å². The Morgan fingerprint density at radius 1 is 1.10 bits per heavy atom. The second kappa shape index (κ2) is 4.86. The second-order valence-electron chi connectivity index (χ2n) is 4.72. The third kappa shape index (κ3) is 2.18. The van der Waals surface area contributed by atoms with E-state index in [9.17, 15) is 10.1 Å². The molecule has 0 saturated heterocycles. The Morgan fingerprint density at radius 2 is 1.86 bits per heavy atom. The standard InChI is InChI=1S/C14H12N4O3/c1-8-4-3-5-10(9(8)2)15-11-6-7-12(18(19)20)14-13(11)16-21-17-14/h3-7,15H,1-2H3. The number of hydrogen-bond acceptors (Lipinski definition) is 6. The van der Waals surface area contributed by atoms with Crippen molar-refractivity contribution < 1.29 is 9.55 Å². The predicted octanol–water partition coefficient (Wildman–Crippen LogP) is 3.49. The summed E-state index contributed by atoms with van der Waals surface area (Å²) in [6.07, 6.45) is 0. The normalized spacial score (nSPS) is 10.8. The third-order valence-corrected chi connectivity index (χ3v) is 3.46. The Hall–Kier alpha value is -2.96. The molecule has 0 radical (unpaired) electrons. The quantitative estimate of drug-likeness (QED) is 0.584. The third-order valence-electron chi connectivity index (χ3n) is 3.46. The molecule has 21 heavy (non-hydrogen) atoms. The summed E-state index contributed by atoms with van der Waals surface area (Å²) in [5.41, 5.74) is 4.12. The zero-order valence-corrected chi connectivity index (χ0v) is 11.5. The SMILES string of the molecule is Cc1cccc(Nc2ccc([N+](=O)[O-])c3nonc23)c1C. The van der Waals surface area contributed by atoms with E-state index in [0.717, 1.165) is 16.8 Å². The fourth-order valence-electron chi connectivity index (χ4n) is 2.13. The minimum absolute atomic E-state index is 0.127. The highest BCUT2D eigenvalue weighted by atomic mass is 16.6. The van der Waals surface area contributed by atoms with Crippen molar-refractivity contribution >= 4 is 28.1 Å². The number of rotatable bonds is 3. The van der Waals surface area contributed by atoms with Crippen LogP contribution in [-0.2, 0) is 0 Å². The van der Waals surface area contributed by atoms with Gasteiger partial charge in [-0.3, -0.25) is 10.1 Å². The van der Waals surface area contributed by atoms with Crippen LogP contribution in [0.15, 0.2) is 35.0 Å². The molecule has 1 heterocycles. The van der Waals surface area contributed by atoms with E-state index < -0.39 is 4.92 Å². The fraction of sp³-hybridized carbons (Fsp3) is 0.143. The molecule has 7 nitrogen and oxygen atoms in total. The minimum atomic E-state index is -0.506. The van der Waals surface area contributed by atoms with Gasteiger partial charge in [0, 0.05) is 11.8 Å². The lowest BCUT2D eigenvalue weighted by atomic mass is 10.1. The Balaban J connectivity index is 2.10. The molecule has 0 aliphatic heterocycles. The average Bonchev–Trinajstić information content (AvgIpc) is 2.93. The molecule has 106 valence electrons. The summed E-state index contributed by atoms with van der Waals surface area (Å²) in [4.78, 5) is 10.5. The molecule has 0 fully saturated rings. The minimum Gasteiger partial charge on any atom is -0.353 e. The Bertz CT molecular complexity index is 841. The zero-order valence-electron chi connectivity index (χ0n) is 11.5. The number of anilines is 2. The highest BCUT2D eigenvalue weighted by molar-refractivity contribution is 5.95. The van der Waals surface area contributed by atoms with Crippen LogP contribution in [0.1, 0.15) is 11.1 Å². The van der Waals surface area contributed by atoms with Crippen LogP contribution < -0.4 is 5.32 Å². The Labute approximate surface area is 119 Å². The molecule has 0 unspecified atom stereocenters. The number of aromatic nitrogens is 2. The van der Waals surface area contributed by atoms with Gasteiger partial charge in [0.05, 0.1) is 10.6 Å². The van der Waals surface area contributed by atoms with Crippen molar-refractivity contribution in [2.75, 3.05) is 5.32 Å². The number of hydrogen-bond donors (Lipinski definition) is 1. The van der Waals surface area contributed by atoms with Crippen molar-refractivity contribution in [1.82, 2.24) is 10.3 Å². The zero-order chi connectivity index (χ0) is 15.0. The van der Waals surface area contributed by atoms with Gasteiger partial charge in [-0.05, 0) is 47.4 Å². The summed E-state index contributed by atoms with van der Waals surface area (Å²) < 4.78 is 4.64. The van der Waals surface area contributed by atoms with Gasteiger partial charge in [0.1, 0.15) is 0 Å². The van der Waals surface area contributed by atoms with Crippen LogP contribution in [0.3, 0.4) is 0 Å². The first-order valence-corrected chi connectivity index (χ1v) is 6.31. The van der Waals surface area contributed by atoms with E-state index in [1.165, 1.54) is 6.07 Å². The summed E-state index contributed by atoms with van der Waals surface area (Å²) in [5, 5.41) is 21.6. The molecule has 3 rings (SSSR count). The van der Waals surface area contributed by atoms with Gasteiger partial charge in [0.2, 0.25) is 5.52 Å². The Morgan fingerprint density at radius 3 is 2.62 bits per heavy atom. The van der Waals surface area contributed by atoms with Crippen LogP contribution in [0.5, 0.6) is 0 Å². The van der Waals surface area contributed by atoms with Crippen molar-refractivity contribution in [3.05, 3.63) is 51.6 Å². The van der Waals surface area contributed by atoms with E-state index in [-0.39, 0.29) is 11.2 Å². The van der Waals surface area contributed by atoms with Gasteiger partial charge in [-0.25, -0.2) is 4.63 Å². The largest absolute Gasteiger partial charge is 0.353 e. The molecule has 1 N–H and O–H groups in total. The van der Waals surface area contributed by atoms with Crippen LogP contribution in [0.2, 0.25) is 0 Å². The first kappa shape index (κ1) is 13.0. The molecular weight excluding hydrogens is 272 g/mol. The summed E-state index contributed by atoms with van der Waals surface area (Å²) >= 11 is 0. The number of nitro benzene ring substituents is 1. The fourth-order valence-corrected chi connectivity index (χ4v) is 2.13. The molecule has 0 atom stereocenters. The Kier molecular flexibility index (Phi) is 3.02. The van der Waals surface area contributed by atoms with Crippen molar-refractivity contribution in [1.29, 1.82) is 0 Å². The molecule has 2 aromatic carbocycles. The lowest BCUT2D eigenvalue weighted by molar-refractivity contribution is -0.383. The summed E-state index contributed by atoms with van der Waals surface area (Å²) in [7, 11) is 0. The highest BCUT2D eigenvalue weighted by Crippen LogP contribution is 2.31. The van der Waals surface area contributed by atoms with Gasteiger partial charge >= 0.3 is 5.69 Å². The molecule has 0 bridgehead atoms. The van der Waals surface area contributed by atoms with E-state index in [0.29, 0.717) is 11.2 Å². The van der Waals surface area contributed by atoms with E-state index in [1.54, 1.807) is 6.07 Å². The number of fused-ring (bicyclic) bond motifs is 1. The van der Waals surface area contributed by atoms with Crippen LogP contribution in [0.25, 0.3) is 11.0 Å². The summed E-state index contributed by atoms with van der Waals surface area (Å²) in [6.45, 7) is 4.02. The molecule has 0 saturated carbocycles. The molecule has 0 spiro atoms. The lowest BCUT2D eigenvalue weighted by Gasteiger charge is -2.11. The van der Waals surface area contributed by atoms with E-state index >= 15 is 0 Å². The first-order valence-electron chi connectivity index (χ1n) is 6.31. The van der Waals surface area contributed by atoms with Crippen molar-refractivity contribution in [3.63, 3.8) is 0 Å². The van der Waals surface area contributed by atoms with Gasteiger partial charge in [0.15, 0.2) is 5.52 Å². The molecule has 3 aromatic rings. The maximum absolute atomic E-state index is 11.0. The van der Waals surface area contributed by atoms with Gasteiger partial charge in [-0.1, -0.05) is 12.1 Å². The molecular formula is C14H12N4O3. The predicted molar refractivity (Wildman–Crippen MR) is 77.7 cm³/mol. The monoisotopic (exact) mass is 284 g/mol. The molecule has 1 aromatic heterocycles. The summed E-state index contributed by atoms with van der Waals surface area (Å²) in [5.74, 6) is 0.